The number of hydrogen-bond acceptors (Lipinski definition) is 19. The second-order valence-corrected chi connectivity index (χ2v) is 20.7. The Hall–Kier alpha value is -4.69. The van der Waals surface area contributed by atoms with Gasteiger partial charge in [-0.15, -0.1) is 0 Å². The normalized spacial score (nSPS) is 35.2. The van der Waals surface area contributed by atoms with Gasteiger partial charge in [-0.25, -0.2) is 0 Å². The van der Waals surface area contributed by atoms with Crippen LogP contribution >= 0.6 is 0 Å². The standard InChI is InChI=1S/C53H78O19/c1-27(2)15-13-16-28(3)40-20-21-41-37(17-14-22-53(40,41)12)18-19-38-23-39(24-42(61)29(38)4)69-51-49(67-35(10)59)48(66-34(9)58)46(44(70-51)26-63-31(6)55)72-52-50(68-36(11)60)47(65-33(8)57)45(64-32(7)56)43(71-52)25-62-30(5)54/h18-19,27-28,39-52,61H,4,13-17,20-26H2,1-3,5-12H3/b37-18+,38-19-/t28-,39-,40-,41+,42+,43-,44-,45-,46-,47+,48+,49-,50-,51-,52+,53-/m1/s1. The quantitative estimate of drug-likeness (QED) is 0.111. The van der Waals surface area contributed by atoms with Crippen LogP contribution in [0.5, 0.6) is 0 Å². The van der Waals surface area contributed by atoms with Gasteiger partial charge in [0.1, 0.15) is 31.5 Å². The highest BCUT2D eigenvalue weighted by Crippen LogP contribution is 2.60. The van der Waals surface area contributed by atoms with E-state index in [0.29, 0.717) is 29.2 Å². The first-order valence-electron chi connectivity index (χ1n) is 25.4. The van der Waals surface area contributed by atoms with Gasteiger partial charge in [0.2, 0.25) is 0 Å². The number of rotatable bonds is 19. The molecular weight excluding hydrogens is 941 g/mol. The van der Waals surface area contributed by atoms with Crippen LogP contribution in [0.1, 0.15) is 140 Å². The Balaban J connectivity index is 1.48. The highest BCUT2D eigenvalue weighted by molar-refractivity contribution is 5.69. The number of ether oxygens (including phenoxy) is 11. The van der Waals surface area contributed by atoms with E-state index < -0.39 is 129 Å². The smallest absolute Gasteiger partial charge is 0.303 e. The zero-order valence-electron chi connectivity index (χ0n) is 43.9. The molecule has 1 N–H and O–H groups in total. The Labute approximate surface area is 423 Å². The van der Waals surface area contributed by atoms with Crippen molar-refractivity contribution in [2.45, 2.75) is 214 Å². The molecule has 0 aromatic carbocycles. The Morgan fingerprint density at radius 3 is 1.69 bits per heavy atom. The van der Waals surface area contributed by atoms with Crippen LogP contribution in [0.15, 0.2) is 35.5 Å². The van der Waals surface area contributed by atoms with Gasteiger partial charge < -0.3 is 57.2 Å². The molecule has 0 radical (unpaired) electrons. The molecule has 3 aliphatic carbocycles. The fourth-order valence-electron chi connectivity index (χ4n) is 11.6. The van der Waals surface area contributed by atoms with Gasteiger partial charge in [-0.2, -0.15) is 0 Å². The average molecular weight is 1020 g/mol. The van der Waals surface area contributed by atoms with Crippen molar-refractivity contribution in [3.8, 4) is 0 Å². The van der Waals surface area contributed by atoms with Crippen molar-refractivity contribution in [1.29, 1.82) is 0 Å². The number of allylic oxidation sites excluding steroid dienone is 3. The second kappa shape index (κ2) is 26.0. The van der Waals surface area contributed by atoms with Gasteiger partial charge in [0.15, 0.2) is 43.1 Å². The third-order valence-electron chi connectivity index (χ3n) is 14.6. The van der Waals surface area contributed by atoms with Crippen LogP contribution in [0.4, 0.5) is 0 Å². The average Bonchev–Trinajstić information content (AvgIpc) is 3.63. The molecule has 2 aliphatic heterocycles. The molecule has 0 aromatic rings. The van der Waals surface area contributed by atoms with Gasteiger partial charge in [-0.3, -0.25) is 33.6 Å². The second-order valence-electron chi connectivity index (χ2n) is 20.7. The highest BCUT2D eigenvalue weighted by atomic mass is 16.8. The zero-order valence-corrected chi connectivity index (χ0v) is 43.9. The molecule has 2 saturated heterocycles. The van der Waals surface area contributed by atoms with Gasteiger partial charge in [-0.05, 0) is 78.8 Å². The maximum Gasteiger partial charge on any atom is 0.303 e. The van der Waals surface area contributed by atoms with Crippen LogP contribution in [0.25, 0.3) is 0 Å². The van der Waals surface area contributed by atoms with Crippen molar-refractivity contribution in [2.75, 3.05) is 13.2 Å². The lowest BCUT2D eigenvalue weighted by molar-refractivity contribution is -0.364. The van der Waals surface area contributed by atoms with Gasteiger partial charge in [0, 0.05) is 54.9 Å². The first-order valence-corrected chi connectivity index (χ1v) is 25.4. The van der Waals surface area contributed by atoms with Crippen molar-refractivity contribution in [3.05, 3.63) is 35.5 Å². The number of esters is 7. The van der Waals surface area contributed by atoms with E-state index in [1.165, 1.54) is 37.7 Å². The molecule has 5 rings (SSSR count). The molecule has 0 unspecified atom stereocenters. The van der Waals surface area contributed by atoms with E-state index in [-0.39, 0.29) is 18.3 Å². The highest BCUT2D eigenvalue weighted by Gasteiger charge is 2.58. The molecule has 5 aliphatic rings. The fraction of sp³-hybridized carbons (Fsp3) is 0.755. The van der Waals surface area contributed by atoms with Gasteiger partial charge >= 0.3 is 41.8 Å². The molecule has 19 heteroatoms. The van der Waals surface area contributed by atoms with E-state index >= 15 is 0 Å². The minimum absolute atomic E-state index is 0.0635. The predicted octanol–water partition coefficient (Wildman–Crippen LogP) is 6.23. The fourth-order valence-corrected chi connectivity index (χ4v) is 11.6. The number of aliphatic hydroxyl groups is 1. The molecule has 0 spiro atoms. The molecule has 72 heavy (non-hydrogen) atoms. The summed E-state index contributed by atoms with van der Waals surface area (Å²) in [5.41, 5.74) is 2.89. The van der Waals surface area contributed by atoms with Gasteiger partial charge in [-0.1, -0.05) is 71.3 Å². The lowest BCUT2D eigenvalue weighted by Gasteiger charge is -2.49. The summed E-state index contributed by atoms with van der Waals surface area (Å²) in [6.45, 7) is 20.2. The molecule has 0 amide bonds. The summed E-state index contributed by atoms with van der Waals surface area (Å²) in [5, 5.41) is 11.5. The largest absolute Gasteiger partial charge is 0.463 e. The Kier molecular flexibility index (Phi) is 21.0. The van der Waals surface area contributed by atoms with Crippen molar-refractivity contribution in [1.82, 2.24) is 0 Å². The number of hydrogen-bond donors (Lipinski definition) is 1. The third kappa shape index (κ3) is 15.4. The molecule has 404 valence electrons. The SMILES string of the molecule is C=C1/C(=C\C=C2/CCC[C@]3(C)[C@@H]([C@H](C)CCCC(C)C)CC[C@@H]23)C[C@@H](O[C@@H]2O[C@H](COC(C)=O)[C@@H](O[C@@H]3O[C@H](COC(C)=O)[C@@H](OC(C)=O)[C@H](OC(C)=O)[C@H]3OC(C)=O)[C@H](OC(C)=O)[C@H]2OC(C)=O)C[C@@H]1O. The maximum absolute atomic E-state index is 13.0. The Bertz CT molecular complexity index is 2030. The van der Waals surface area contributed by atoms with E-state index in [9.17, 15) is 38.7 Å². The molecule has 19 nitrogen and oxygen atoms in total. The maximum atomic E-state index is 13.0. The van der Waals surface area contributed by atoms with E-state index in [1.807, 2.05) is 6.08 Å². The summed E-state index contributed by atoms with van der Waals surface area (Å²) < 4.78 is 64.7. The summed E-state index contributed by atoms with van der Waals surface area (Å²) in [5.74, 6) is -3.47. The number of carbonyl (C=O) groups excluding carboxylic acids is 7. The number of fused-ring (bicyclic) bond motifs is 1. The van der Waals surface area contributed by atoms with E-state index in [2.05, 4.69) is 40.3 Å². The van der Waals surface area contributed by atoms with Crippen LogP contribution in [-0.4, -0.2) is 134 Å². The molecular formula is C53H78O19. The molecule has 0 aromatic heterocycles. The summed E-state index contributed by atoms with van der Waals surface area (Å²) in [4.78, 5) is 87.9. The zero-order chi connectivity index (χ0) is 53.2. The molecule has 2 heterocycles. The van der Waals surface area contributed by atoms with E-state index in [0.717, 1.165) is 73.3 Å². The monoisotopic (exact) mass is 1020 g/mol. The van der Waals surface area contributed by atoms with E-state index in [4.69, 9.17) is 52.1 Å². The molecule has 3 saturated carbocycles. The predicted molar refractivity (Wildman–Crippen MR) is 255 cm³/mol. The van der Waals surface area contributed by atoms with E-state index in [1.54, 1.807) is 0 Å². The minimum atomic E-state index is -1.83. The first kappa shape index (κ1) is 58.2. The minimum Gasteiger partial charge on any atom is -0.463 e. The summed E-state index contributed by atoms with van der Waals surface area (Å²) in [6.07, 6.45) is -3.95. The van der Waals surface area contributed by atoms with Crippen LogP contribution in [0.2, 0.25) is 0 Å². The third-order valence-corrected chi connectivity index (χ3v) is 14.6. The molecule has 0 bridgehead atoms. The number of aliphatic hydroxyl groups excluding tert-OH is 1. The van der Waals surface area contributed by atoms with Gasteiger partial charge in [0.25, 0.3) is 0 Å². The van der Waals surface area contributed by atoms with Crippen LogP contribution in [0.3, 0.4) is 0 Å². The van der Waals surface area contributed by atoms with Crippen LogP contribution in [-0.2, 0) is 85.7 Å². The van der Waals surface area contributed by atoms with Crippen molar-refractivity contribution >= 4 is 41.8 Å². The lowest BCUT2D eigenvalue weighted by atomic mass is 9.60. The number of carbonyl (C=O) groups is 7. The summed E-state index contributed by atoms with van der Waals surface area (Å²) in [6, 6.07) is 0. The van der Waals surface area contributed by atoms with Crippen LogP contribution < -0.4 is 0 Å². The van der Waals surface area contributed by atoms with Gasteiger partial charge in [0.05, 0.1) is 12.2 Å². The molecule has 5 fully saturated rings. The van der Waals surface area contributed by atoms with Crippen LogP contribution in [0, 0.1) is 29.1 Å². The summed E-state index contributed by atoms with van der Waals surface area (Å²) in [7, 11) is 0. The van der Waals surface area contributed by atoms with Crippen molar-refractivity contribution in [2.24, 2.45) is 29.1 Å². The Morgan fingerprint density at radius 1 is 0.667 bits per heavy atom. The molecule has 16 atom stereocenters. The lowest BCUT2D eigenvalue weighted by Crippen LogP contribution is -2.67. The van der Waals surface area contributed by atoms with Crippen molar-refractivity contribution in [3.63, 3.8) is 0 Å². The Morgan fingerprint density at radius 2 is 1.17 bits per heavy atom. The van der Waals surface area contributed by atoms with Crippen molar-refractivity contribution < 1.29 is 90.8 Å². The topological polar surface area (TPSA) is 241 Å². The summed E-state index contributed by atoms with van der Waals surface area (Å²) >= 11 is 0. The first-order chi connectivity index (χ1) is 33.9.